The second-order valence-corrected chi connectivity index (χ2v) is 6.86. The minimum atomic E-state index is -0.504. The third-order valence-corrected chi connectivity index (χ3v) is 5.07. The Labute approximate surface area is 163 Å². The van der Waals surface area contributed by atoms with Gasteiger partial charge in [0.2, 0.25) is 5.91 Å². The molecular weight excluding hydrogens is 374 g/mol. The molecule has 0 aliphatic carbocycles. The van der Waals surface area contributed by atoms with E-state index in [0.29, 0.717) is 33.9 Å². The van der Waals surface area contributed by atoms with Gasteiger partial charge in [0.25, 0.3) is 5.56 Å². The van der Waals surface area contributed by atoms with Crippen LogP contribution in [0.1, 0.15) is 29.2 Å². The van der Waals surface area contributed by atoms with Crippen LogP contribution in [0.3, 0.4) is 0 Å². The first-order chi connectivity index (χ1) is 14.0. The lowest BCUT2D eigenvalue weighted by molar-refractivity contribution is -0.116. The van der Waals surface area contributed by atoms with Crippen LogP contribution in [0.2, 0.25) is 0 Å². The largest absolute Gasteiger partial charge is 0.464 e. The molecule has 9 nitrogen and oxygen atoms in total. The van der Waals surface area contributed by atoms with Crippen molar-refractivity contribution in [2.45, 2.75) is 19.3 Å². The summed E-state index contributed by atoms with van der Waals surface area (Å²) in [6, 6.07) is 9.83. The van der Waals surface area contributed by atoms with E-state index >= 15 is 0 Å². The second-order valence-electron chi connectivity index (χ2n) is 6.86. The summed E-state index contributed by atoms with van der Waals surface area (Å²) in [5.74, 6) is 0.0213. The van der Waals surface area contributed by atoms with E-state index in [2.05, 4.69) is 20.6 Å². The van der Waals surface area contributed by atoms with Crippen molar-refractivity contribution >= 4 is 22.7 Å². The van der Waals surface area contributed by atoms with Crippen LogP contribution in [0, 0.1) is 6.92 Å². The van der Waals surface area contributed by atoms with E-state index in [1.807, 2.05) is 0 Å². The van der Waals surface area contributed by atoms with Crippen molar-refractivity contribution in [3.8, 4) is 5.82 Å². The third kappa shape index (κ3) is 2.66. The molecule has 29 heavy (non-hydrogen) atoms. The molecule has 0 fully saturated rings. The van der Waals surface area contributed by atoms with E-state index in [0.717, 1.165) is 5.56 Å². The second kappa shape index (κ2) is 6.26. The number of nitrogens with zero attached hydrogens (tertiary/aromatic N) is 3. The monoisotopic (exact) mass is 389 g/mol. The number of benzene rings is 1. The summed E-state index contributed by atoms with van der Waals surface area (Å²) in [6.07, 6.45) is 1.52. The fraction of sp³-hybridized carbons (Fsp3) is 0.150. The number of aromatic nitrogens is 4. The molecule has 0 spiro atoms. The van der Waals surface area contributed by atoms with Crippen LogP contribution in [-0.4, -0.2) is 25.9 Å². The maximum absolute atomic E-state index is 13.1. The highest BCUT2D eigenvalue weighted by Crippen LogP contribution is 2.39. The van der Waals surface area contributed by atoms with Gasteiger partial charge in [-0.2, -0.15) is 14.9 Å². The molecule has 0 unspecified atom stereocenters. The molecule has 1 atom stereocenters. The van der Waals surface area contributed by atoms with Crippen LogP contribution in [0.25, 0.3) is 16.8 Å². The first kappa shape index (κ1) is 17.1. The minimum absolute atomic E-state index is 0.0989. The summed E-state index contributed by atoms with van der Waals surface area (Å²) in [4.78, 5) is 36.9. The minimum Gasteiger partial charge on any atom is -0.464 e. The number of hydrogen-bond acceptors (Lipinski definition) is 6. The Morgan fingerprint density at radius 1 is 1.14 bits per heavy atom. The molecule has 4 heterocycles. The summed E-state index contributed by atoms with van der Waals surface area (Å²) in [7, 11) is 0. The number of carbonyl (C=O) groups excluding carboxylic acids is 1. The highest BCUT2D eigenvalue weighted by Gasteiger charge is 2.34. The Hall–Kier alpha value is -4.01. The van der Waals surface area contributed by atoms with Crippen LogP contribution >= 0.6 is 0 Å². The molecule has 2 N–H and O–H groups in total. The molecule has 1 aliphatic rings. The molecule has 0 saturated carbocycles. The maximum atomic E-state index is 13.1. The molecule has 0 bridgehead atoms. The van der Waals surface area contributed by atoms with Crippen molar-refractivity contribution in [1.82, 2.24) is 20.0 Å². The molecular formula is C20H15N5O4. The van der Waals surface area contributed by atoms with Gasteiger partial charge in [-0.15, -0.1) is 0 Å². The lowest BCUT2D eigenvalue weighted by atomic mass is 9.86. The Balaban J connectivity index is 1.72. The molecule has 144 valence electrons. The van der Waals surface area contributed by atoms with Crippen LogP contribution < -0.4 is 16.3 Å². The predicted octanol–water partition coefficient (Wildman–Crippen LogP) is 1.84. The number of fused-ring (bicyclic) bond motifs is 2. The number of rotatable bonds is 2. The lowest BCUT2D eigenvalue weighted by Gasteiger charge is -2.23. The van der Waals surface area contributed by atoms with Gasteiger partial charge in [-0.05, 0) is 25.1 Å². The van der Waals surface area contributed by atoms with E-state index < -0.39 is 5.92 Å². The first-order valence-electron chi connectivity index (χ1n) is 8.99. The van der Waals surface area contributed by atoms with Gasteiger partial charge < -0.3 is 9.73 Å². The quantitative estimate of drug-likeness (QED) is 0.539. The summed E-state index contributed by atoms with van der Waals surface area (Å²) >= 11 is 0. The number of carbonyl (C=O) groups is 1. The fourth-order valence-electron chi connectivity index (χ4n) is 3.77. The van der Waals surface area contributed by atoms with E-state index in [4.69, 9.17) is 4.42 Å². The normalized spacial score (nSPS) is 15.9. The van der Waals surface area contributed by atoms with Crippen molar-refractivity contribution in [1.29, 1.82) is 0 Å². The van der Waals surface area contributed by atoms with Crippen molar-refractivity contribution in [2.24, 2.45) is 0 Å². The number of H-pyrrole nitrogens is 1. The predicted molar refractivity (Wildman–Crippen MR) is 104 cm³/mol. The Morgan fingerprint density at radius 3 is 2.76 bits per heavy atom. The van der Waals surface area contributed by atoms with Crippen LogP contribution in [-0.2, 0) is 4.79 Å². The van der Waals surface area contributed by atoms with Crippen molar-refractivity contribution < 1.29 is 9.21 Å². The number of hydrogen-bond donors (Lipinski definition) is 2. The molecule has 5 rings (SSSR count). The zero-order chi connectivity index (χ0) is 20.1. The van der Waals surface area contributed by atoms with Crippen LogP contribution in [0.5, 0.6) is 0 Å². The molecule has 1 aromatic carbocycles. The Kier molecular flexibility index (Phi) is 3.70. The van der Waals surface area contributed by atoms with Gasteiger partial charge in [-0.25, -0.2) is 5.10 Å². The Bertz CT molecular complexity index is 1380. The molecule has 1 aliphatic heterocycles. The number of aryl methyl sites for hydroxylation is 1. The highest BCUT2D eigenvalue weighted by molar-refractivity contribution is 5.95. The van der Waals surface area contributed by atoms with Gasteiger partial charge >= 0.3 is 0 Å². The topological polar surface area (TPSA) is 123 Å². The first-order valence-corrected chi connectivity index (χ1v) is 8.99. The molecule has 1 amide bonds. The van der Waals surface area contributed by atoms with Gasteiger partial charge in [-0.3, -0.25) is 14.4 Å². The Morgan fingerprint density at radius 2 is 1.97 bits per heavy atom. The number of aromatic amines is 1. The smallest absolute Gasteiger partial charge is 0.264 e. The van der Waals surface area contributed by atoms with Crippen LogP contribution in [0.4, 0.5) is 5.82 Å². The average Bonchev–Trinajstić information content (AvgIpc) is 3.05. The summed E-state index contributed by atoms with van der Waals surface area (Å²) < 4.78 is 7.11. The van der Waals surface area contributed by atoms with E-state index in [1.165, 1.54) is 23.1 Å². The van der Waals surface area contributed by atoms with Gasteiger partial charge in [0, 0.05) is 29.5 Å². The number of nitrogens with one attached hydrogen (secondary N) is 2. The van der Waals surface area contributed by atoms with Crippen LogP contribution in [0.15, 0.2) is 56.7 Å². The molecule has 3 aromatic heterocycles. The number of anilines is 1. The third-order valence-electron chi connectivity index (χ3n) is 5.07. The number of para-hydroxylation sites is 1. The SMILES string of the molecule is Cc1nn(-c2ccc(=O)[nH]n2)c2c1[C@H](c1coc3ccccc3c1=O)CC(=O)N2. The number of amides is 1. The van der Waals surface area contributed by atoms with Crippen molar-refractivity contribution in [3.63, 3.8) is 0 Å². The zero-order valence-electron chi connectivity index (χ0n) is 15.3. The standard InChI is InChI=1S/C20H15N5O4/c1-10-18-12(13-9-29-14-5-3-2-4-11(14)19(13)28)8-17(27)21-20(18)25(24-10)15-6-7-16(26)23-22-15/h2-7,9,12H,8H2,1H3,(H,21,27)(H,23,26)/t12-/m0/s1. The van der Waals surface area contributed by atoms with Gasteiger partial charge in [-0.1, -0.05) is 12.1 Å². The van der Waals surface area contributed by atoms with Crippen molar-refractivity contribution in [3.05, 3.63) is 80.1 Å². The summed E-state index contributed by atoms with van der Waals surface area (Å²) in [5, 5.41) is 14.1. The summed E-state index contributed by atoms with van der Waals surface area (Å²) in [6.45, 7) is 1.80. The van der Waals surface area contributed by atoms with Crippen molar-refractivity contribution in [2.75, 3.05) is 5.32 Å². The van der Waals surface area contributed by atoms with E-state index in [1.54, 1.807) is 31.2 Å². The molecule has 0 radical (unpaired) electrons. The van der Waals surface area contributed by atoms with Gasteiger partial charge in [0.1, 0.15) is 11.4 Å². The van der Waals surface area contributed by atoms with Gasteiger partial charge in [0.15, 0.2) is 11.2 Å². The maximum Gasteiger partial charge on any atom is 0.264 e. The lowest BCUT2D eigenvalue weighted by Crippen LogP contribution is -2.27. The zero-order valence-corrected chi connectivity index (χ0v) is 15.3. The van der Waals surface area contributed by atoms with E-state index in [9.17, 15) is 14.4 Å². The molecule has 9 heteroatoms. The highest BCUT2D eigenvalue weighted by atomic mass is 16.3. The molecule has 0 saturated heterocycles. The fourth-order valence-corrected chi connectivity index (χ4v) is 3.77. The summed E-state index contributed by atoms with van der Waals surface area (Å²) in [5.41, 5.74) is 1.74. The molecule has 4 aromatic rings. The average molecular weight is 389 g/mol. The van der Waals surface area contributed by atoms with Gasteiger partial charge in [0.05, 0.1) is 17.3 Å². The van der Waals surface area contributed by atoms with E-state index in [-0.39, 0.29) is 23.3 Å².